The summed E-state index contributed by atoms with van der Waals surface area (Å²) < 4.78 is 101. The molecule has 3 aliphatic rings. The third kappa shape index (κ3) is 8.41. The third-order valence-electron chi connectivity index (χ3n) is 15.3. The number of aromatic amines is 2. The van der Waals surface area contributed by atoms with Gasteiger partial charge >= 0.3 is 12.4 Å². The summed E-state index contributed by atoms with van der Waals surface area (Å²) in [6.45, 7) is 6.68. The van der Waals surface area contributed by atoms with Crippen molar-refractivity contribution in [3.05, 3.63) is 161 Å². The number of anilines is 1. The minimum absolute atomic E-state index is 0.0905. The largest absolute Gasteiger partial charge is 0.430 e. The lowest BCUT2D eigenvalue weighted by molar-refractivity contribution is -0.271. The lowest BCUT2D eigenvalue weighted by Gasteiger charge is -2.38. The fraction of sp³-hybridized carbons (Fsp3) is 0.393. The van der Waals surface area contributed by atoms with E-state index in [0.29, 0.717) is 59.4 Å². The maximum absolute atomic E-state index is 15.1. The first-order valence-electron chi connectivity index (χ1n) is 24.7. The summed E-state index contributed by atoms with van der Waals surface area (Å²) in [6, 6.07) is 32.7. The SMILES string of the molecule is CO[C@@](C(=O)N1CCC[C@H]1c1nc2ccc([C@H]3CC[C@H](c4ccc5nc([C@@H]6CCCN6C(=O)[C@](OC)(c6ccccc6)C(F)(F)F)[nH]c5c4)N3c3ccc(C(C)(C)C)cc3)cc2[nH]1)(c1ccccc1)C(F)(F)F. The fourth-order valence-electron chi connectivity index (χ4n) is 11.6. The molecular formula is C56H57F6N7O4. The van der Waals surface area contributed by atoms with Crippen LogP contribution >= 0.6 is 0 Å². The van der Waals surface area contributed by atoms with Gasteiger partial charge in [0.05, 0.1) is 46.2 Å². The maximum atomic E-state index is 15.1. The molecule has 0 radical (unpaired) electrons. The number of hydrogen-bond acceptors (Lipinski definition) is 7. The number of carbonyl (C=O) groups excluding carboxylic acids is 2. The summed E-state index contributed by atoms with van der Waals surface area (Å²) in [6.07, 6.45) is -6.81. The number of H-pyrrole nitrogens is 2. The number of fused-ring (bicyclic) bond motifs is 2. The smallest absolute Gasteiger partial charge is 0.357 e. The minimum atomic E-state index is -5.05. The number of likely N-dealkylation sites (tertiary alicyclic amines) is 2. The Labute approximate surface area is 418 Å². The number of ether oxygens (including phenoxy) is 2. The second-order valence-corrected chi connectivity index (χ2v) is 20.4. The zero-order chi connectivity index (χ0) is 51.7. The van der Waals surface area contributed by atoms with E-state index in [0.717, 1.165) is 43.9 Å². The molecule has 382 valence electrons. The van der Waals surface area contributed by atoms with Gasteiger partial charge < -0.3 is 34.1 Å². The molecule has 6 atom stereocenters. The number of rotatable bonds is 11. The molecule has 11 nitrogen and oxygen atoms in total. The van der Waals surface area contributed by atoms with Gasteiger partial charge in [0.25, 0.3) is 23.0 Å². The van der Waals surface area contributed by atoms with Gasteiger partial charge in [-0.2, -0.15) is 26.3 Å². The quantitative estimate of drug-likeness (QED) is 0.124. The van der Waals surface area contributed by atoms with Crippen molar-refractivity contribution in [1.29, 1.82) is 0 Å². The number of hydrogen-bond donors (Lipinski definition) is 2. The number of aromatic nitrogens is 4. The normalized spacial score (nSPS) is 21.5. The molecule has 5 aromatic carbocycles. The Balaban J connectivity index is 0.963. The molecule has 0 saturated carbocycles. The van der Waals surface area contributed by atoms with E-state index in [2.05, 4.69) is 59.9 Å². The van der Waals surface area contributed by atoms with Crippen LogP contribution in [0.3, 0.4) is 0 Å². The van der Waals surface area contributed by atoms with Crippen LogP contribution in [0.15, 0.2) is 121 Å². The molecule has 3 aliphatic heterocycles. The van der Waals surface area contributed by atoms with Crippen molar-refractivity contribution in [2.75, 3.05) is 32.2 Å². The summed E-state index contributed by atoms with van der Waals surface area (Å²) in [4.78, 5) is 49.8. The van der Waals surface area contributed by atoms with Crippen molar-refractivity contribution in [1.82, 2.24) is 29.7 Å². The second-order valence-electron chi connectivity index (χ2n) is 20.4. The zero-order valence-electron chi connectivity index (χ0n) is 41.2. The molecular weight excluding hydrogens is 949 g/mol. The molecule has 2 aromatic heterocycles. The van der Waals surface area contributed by atoms with Gasteiger partial charge in [0.2, 0.25) is 0 Å². The van der Waals surface area contributed by atoms with Crippen molar-refractivity contribution in [2.45, 2.75) is 112 Å². The Bertz CT molecular complexity index is 2950. The molecule has 5 heterocycles. The minimum Gasteiger partial charge on any atom is -0.357 e. The van der Waals surface area contributed by atoms with Crippen molar-refractivity contribution in [3.63, 3.8) is 0 Å². The van der Waals surface area contributed by atoms with E-state index in [1.54, 1.807) is 12.1 Å². The van der Waals surface area contributed by atoms with Crippen LogP contribution in [0.25, 0.3) is 22.1 Å². The molecule has 3 saturated heterocycles. The van der Waals surface area contributed by atoms with Crippen LogP contribution in [0.4, 0.5) is 32.0 Å². The topological polar surface area (TPSA) is 120 Å². The number of benzene rings is 5. The van der Waals surface area contributed by atoms with Crippen LogP contribution in [-0.2, 0) is 35.7 Å². The van der Waals surface area contributed by atoms with Gasteiger partial charge in [-0.25, -0.2) is 9.97 Å². The number of nitrogens with one attached hydrogen (secondary N) is 2. The first kappa shape index (κ1) is 49.8. The van der Waals surface area contributed by atoms with Crippen LogP contribution in [0.1, 0.15) is 123 Å². The molecule has 0 spiro atoms. The zero-order valence-corrected chi connectivity index (χ0v) is 41.2. The second kappa shape index (κ2) is 18.6. The Hall–Kier alpha value is -6.72. The Kier molecular flexibility index (Phi) is 12.7. The van der Waals surface area contributed by atoms with Gasteiger partial charge in [-0.05, 0) is 97.0 Å². The van der Waals surface area contributed by atoms with E-state index < -0.39 is 47.5 Å². The summed E-state index contributed by atoms with van der Waals surface area (Å²) in [5.41, 5.74) is -0.370. The van der Waals surface area contributed by atoms with Gasteiger partial charge in [0.15, 0.2) is 0 Å². The number of imidazole rings is 2. The van der Waals surface area contributed by atoms with Crippen LogP contribution in [0.5, 0.6) is 0 Å². The van der Waals surface area contributed by atoms with E-state index >= 15 is 26.3 Å². The highest BCUT2D eigenvalue weighted by Gasteiger charge is 2.66. The van der Waals surface area contributed by atoms with Crippen molar-refractivity contribution >= 4 is 39.6 Å². The van der Waals surface area contributed by atoms with Crippen molar-refractivity contribution < 1.29 is 45.4 Å². The third-order valence-corrected chi connectivity index (χ3v) is 15.3. The van der Waals surface area contributed by atoms with E-state index in [1.165, 1.54) is 63.9 Å². The van der Waals surface area contributed by atoms with E-state index in [4.69, 9.17) is 19.4 Å². The average Bonchev–Trinajstić information content (AvgIpc) is 4.23. The molecule has 2 amide bonds. The van der Waals surface area contributed by atoms with Gasteiger partial charge in [-0.15, -0.1) is 0 Å². The number of carbonyl (C=O) groups is 2. The van der Waals surface area contributed by atoms with Crippen LogP contribution in [0.2, 0.25) is 0 Å². The van der Waals surface area contributed by atoms with Gasteiger partial charge in [0.1, 0.15) is 11.6 Å². The fourth-order valence-corrected chi connectivity index (χ4v) is 11.6. The monoisotopic (exact) mass is 1010 g/mol. The predicted molar refractivity (Wildman–Crippen MR) is 264 cm³/mol. The van der Waals surface area contributed by atoms with Crippen LogP contribution in [-0.4, -0.2) is 81.2 Å². The van der Waals surface area contributed by atoms with Crippen molar-refractivity contribution in [2.24, 2.45) is 0 Å². The van der Waals surface area contributed by atoms with Crippen LogP contribution < -0.4 is 4.90 Å². The number of amides is 2. The number of methoxy groups -OCH3 is 2. The molecule has 3 fully saturated rings. The van der Waals surface area contributed by atoms with Crippen LogP contribution in [0, 0.1) is 0 Å². The summed E-state index contributed by atoms with van der Waals surface area (Å²) in [5, 5.41) is 0. The highest BCUT2D eigenvalue weighted by atomic mass is 19.4. The first-order valence-corrected chi connectivity index (χ1v) is 24.7. The Morgan fingerprint density at radius 1 is 0.534 bits per heavy atom. The number of alkyl halides is 6. The van der Waals surface area contributed by atoms with Gasteiger partial charge in [-0.1, -0.05) is 106 Å². The molecule has 17 heteroatoms. The highest BCUT2D eigenvalue weighted by molar-refractivity contribution is 5.89. The molecule has 0 bridgehead atoms. The highest BCUT2D eigenvalue weighted by Crippen LogP contribution is 2.50. The molecule has 7 aromatic rings. The summed E-state index contributed by atoms with van der Waals surface area (Å²) >= 11 is 0. The maximum Gasteiger partial charge on any atom is 0.430 e. The predicted octanol–water partition coefficient (Wildman–Crippen LogP) is 12.4. The Morgan fingerprint density at radius 2 is 0.945 bits per heavy atom. The average molecular weight is 1010 g/mol. The molecule has 0 aliphatic carbocycles. The Morgan fingerprint density at radius 3 is 1.32 bits per heavy atom. The van der Waals surface area contributed by atoms with E-state index in [9.17, 15) is 9.59 Å². The van der Waals surface area contributed by atoms with E-state index in [1.807, 2.05) is 36.4 Å². The first-order chi connectivity index (χ1) is 34.8. The van der Waals surface area contributed by atoms with E-state index in [-0.39, 0.29) is 41.7 Å². The number of nitrogens with zero attached hydrogens (tertiary/aromatic N) is 5. The molecule has 2 N–H and O–H groups in total. The summed E-state index contributed by atoms with van der Waals surface area (Å²) in [5.74, 6) is -1.60. The van der Waals surface area contributed by atoms with Gasteiger partial charge in [0, 0.05) is 44.1 Å². The molecule has 10 rings (SSSR count). The standard InChI is InChI=1S/C56H57F6N7O4/c1-52(2,3)36-22-24-39(25-23-36)69-44(34-20-26-40-42(32-34)65-48(63-40)46-18-12-30-67(46)50(70)53(72-4,55(57,58)59)37-14-8-6-9-15-37)28-29-45(69)35-21-27-41-43(33-35)66-49(64-41)47-19-13-31-68(47)51(71)54(73-5,56(60,61)62)38-16-10-7-11-17-38/h6-11,14-17,20-27,32-33,44-47H,12-13,18-19,28-31H2,1-5H3,(H,63,65)(H,64,66)/t44-,45-,46+,47+,53-,54-/m1/s1. The molecule has 73 heavy (non-hydrogen) atoms. The van der Waals surface area contributed by atoms with Crippen molar-refractivity contribution in [3.8, 4) is 0 Å². The lowest BCUT2D eigenvalue weighted by atomic mass is 9.87. The lowest BCUT2D eigenvalue weighted by Crippen LogP contribution is -2.56. The molecule has 0 unspecified atom stereocenters. The van der Waals surface area contributed by atoms with Gasteiger partial charge in [-0.3, -0.25) is 9.59 Å². The number of halogens is 6. The summed E-state index contributed by atoms with van der Waals surface area (Å²) in [7, 11) is 1.82.